The third kappa shape index (κ3) is 2.98. The lowest BCUT2D eigenvalue weighted by molar-refractivity contribution is 0.768. The Kier molecular flexibility index (Phi) is 4.70. The standard InChI is InChI=1S/C31H22BrN/c32-24-18-19-25(30(33)20-24)21-14-16-23(17-15-21)31(22-8-2-1-3-9-22)28-12-6-4-10-26(28)27-11-5-7-13-29(27)31/h1-20H,33H2. The van der Waals surface area contributed by atoms with Gasteiger partial charge >= 0.3 is 0 Å². The first-order valence-corrected chi connectivity index (χ1v) is 11.9. The molecule has 0 unspecified atom stereocenters. The van der Waals surface area contributed by atoms with E-state index in [4.69, 9.17) is 5.73 Å². The number of hydrogen-bond donors (Lipinski definition) is 1. The van der Waals surface area contributed by atoms with Crippen molar-refractivity contribution < 1.29 is 0 Å². The summed E-state index contributed by atoms with van der Waals surface area (Å²) in [5.41, 5.74) is 16.7. The number of rotatable bonds is 3. The highest BCUT2D eigenvalue weighted by molar-refractivity contribution is 9.10. The molecule has 1 aliphatic carbocycles. The predicted molar refractivity (Wildman–Crippen MR) is 141 cm³/mol. The lowest BCUT2D eigenvalue weighted by Gasteiger charge is -2.34. The van der Waals surface area contributed by atoms with Crippen LogP contribution in [0.25, 0.3) is 22.3 Å². The van der Waals surface area contributed by atoms with Crippen LogP contribution in [-0.4, -0.2) is 0 Å². The zero-order valence-corrected chi connectivity index (χ0v) is 19.6. The highest BCUT2D eigenvalue weighted by atomic mass is 79.9. The molecule has 0 heterocycles. The number of fused-ring (bicyclic) bond motifs is 3. The summed E-state index contributed by atoms with van der Waals surface area (Å²) in [5, 5.41) is 0. The molecule has 0 fully saturated rings. The van der Waals surface area contributed by atoms with Crippen molar-refractivity contribution in [3.8, 4) is 22.3 Å². The molecule has 0 amide bonds. The van der Waals surface area contributed by atoms with E-state index in [0.29, 0.717) is 0 Å². The SMILES string of the molecule is Nc1cc(Br)ccc1-c1ccc(C2(c3ccccc3)c3ccccc3-c3ccccc32)cc1. The molecule has 0 spiro atoms. The van der Waals surface area contributed by atoms with Gasteiger partial charge in [-0.25, -0.2) is 0 Å². The van der Waals surface area contributed by atoms with Gasteiger partial charge in [-0.3, -0.25) is 0 Å². The fraction of sp³-hybridized carbons (Fsp3) is 0.0323. The van der Waals surface area contributed by atoms with Crippen molar-refractivity contribution in [2.75, 3.05) is 5.73 Å². The lowest BCUT2D eigenvalue weighted by Crippen LogP contribution is -2.28. The van der Waals surface area contributed by atoms with E-state index in [-0.39, 0.29) is 5.41 Å². The van der Waals surface area contributed by atoms with E-state index in [0.717, 1.165) is 21.3 Å². The molecule has 158 valence electrons. The highest BCUT2D eigenvalue weighted by Crippen LogP contribution is 2.56. The molecular formula is C31H22BrN. The van der Waals surface area contributed by atoms with Crippen LogP contribution in [0.5, 0.6) is 0 Å². The van der Waals surface area contributed by atoms with Crippen molar-refractivity contribution in [1.29, 1.82) is 0 Å². The van der Waals surface area contributed by atoms with Gasteiger partial charge < -0.3 is 5.73 Å². The Morgan fingerprint density at radius 3 is 1.67 bits per heavy atom. The second-order valence-electron chi connectivity index (χ2n) is 8.52. The predicted octanol–water partition coefficient (Wildman–Crippen LogP) is 8.06. The summed E-state index contributed by atoms with van der Waals surface area (Å²) < 4.78 is 0.988. The fourth-order valence-electron chi connectivity index (χ4n) is 5.41. The molecule has 33 heavy (non-hydrogen) atoms. The smallest absolute Gasteiger partial charge is 0.0713 e. The maximum Gasteiger partial charge on any atom is 0.0713 e. The maximum absolute atomic E-state index is 6.33. The van der Waals surface area contributed by atoms with Gasteiger partial charge in [0.25, 0.3) is 0 Å². The minimum Gasteiger partial charge on any atom is -0.398 e. The molecule has 0 saturated carbocycles. The lowest BCUT2D eigenvalue weighted by atomic mass is 9.67. The molecule has 2 N–H and O–H groups in total. The quantitative estimate of drug-likeness (QED) is 0.251. The monoisotopic (exact) mass is 487 g/mol. The van der Waals surface area contributed by atoms with E-state index in [9.17, 15) is 0 Å². The summed E-state index contributed by atoms with van der Waals surface area (Å²) in [6.45, 7) is 0. The van der Waals surface area contributed by atoms with Crippen molar-refractivity contribution in [2.24, 2.45) is 0 Å². The summed E-state index contributed by atoms with van der Waals surface area (Å²) in [7, 11) is 0. The summed E-state index contributed by atoms with van der Waals surface area (Å²) in [4.78, 5) is 0. The highest BCUT2D eigenvalue weighted by Gasteiger charge is 2.45. The second-order valence-corrected chi connectivity index (χ2v) is 9.43. The Labute approximate surface area is 202 Å². The maximum atomic E-state index is 6.33. The van der Waals surface area contributed by atoms with Crippen LogP contribution in [0.4, 0.5) is 5.69 Å². The average molecular weight is 488 g/mol. The Balaban J connectivity index is 1.62. The molecule has 5 aromatic rings. The number of nitrogens with two attached hydrogens (primary N) is 1. The van der Waals surface area contributed by atoms with Crippen molar-refractivity contribution in [1.82, 2.24) is 0 Å². The molecule has 5 aromatic carbocycles. The first-order valence-electron chi connectivity index (χ1n) is 11.1. The van der Waals surface area contributed by atoms with Crippen LogP contribution in [0.1, 0.15) is 22.3 Å². The molecule has 0 atom stereocenters. The van der Waals surface area contributed by atoms with Gasteiger partial charge in [0.1, 0.15) is 0 Å². The van der Waals surface area contributed by atoms with Crippen molar-refractivity contribution in [2.45, 2.75) is 5.41 Å². The van der Waals surface area contributed by atoms with E-state index in [2.05, 4.69) is 125 Å². The largest absolute Gasteiger partial charge is 0.398 e. The zero-order valence-electron chi connectivity index (χ0n) is 18.0. The van der Waals surface area contributed by atoms with Gasteiger partial charge in [-0.05, 0) is 51.1 Å². The molecule has 0 bridgehead atoms. The van der Waals surface area contributed by atoms with E-state index in [1.54, 1.807) is 0 Å². The topological polar surface area (TPSA) is 26.0 Å². The van der Waals surface area contributed by atoms with Crippen LogP contribution in [0.2, 0.25) is 0 Å². The van der Waals surface area contributed by atoms with Crippen LogP contribution < -0.4 is 5.73 Å². The van der Waals surface area contributed by atoms with Crippen molar-refractivity contribution in [3.63, 3.8) is 0 Å². The number of hydrogen-bond acceptors (Lipinski definition) is 1. The summed E-state index contributed by atoms with van der Waals surface area (Å²) in [6.07, 6.45) is 0. The van der Waals surface area contributed by atoms with Gasteiger partial charge in [0.15, 0.2) is 0 Å². The van der Waals surface area contributed by atoms with E-state index in [1.807, 2.05) is 12.1 Å². The van der Waals surface area contributed by atoms with E-state index in [1.165, 1.54) is 33.4 Å². The second kappa shape index (κ2) is 7.75. The Bertz CT molecular complexity index is 1420. The minimum atomic E-state index is -0.363. The van der Waals surface area contributed by atoms with Gasteiger partial charge in [0, 0.05) is 15.7 Å². The first-order chi connectivity index (χ1) is 16.2. The van der Waals surface area contributed by atoms with Gasteiger partial charge in [-0.1, -0.05) is 125 Å². The van der Waals surface area contributed by atoms with Crippen LogP contribution >= 0.6 is 15.9 Å². The van der Waals surface area contributed by atoms with Gasteiger partial charge in [0.05, 0.1) is 5.41 Å². The van der Waals surface area contributed by atoms with E-state index < -0.39 is 0 Å². The normalized spacial score (nSPS) is 13.4. The molecule has 0 aliphatic heterocycles. The molecule has 6 rings (SSSR count). The van der Waals surface area contributed by atoms with Gasteiger partial charge in [-0.2, -0.15) is 0 Å². The minimum absolute atomic E-state index is 0.363. The molecule has 0 saturated heterocycles. The number of halogens is 1. The number of anilines is 1. The summed E-state index contributed by atoms with van der Waals surface area (Å²) in [5.74, 6) is 0. The Hall–Kier alpha value is -3.62. The van der Waals surface area contributed by atoms with Crippen LogP contribution in [0.15, 0.2) is 126 Å². The van der Waals surface area contributed by atoms with E-state index >= 15 is 0 Å². The van der Waals surface area contributed by atoms with Crippen LogP contribution in [0.3, 0.4) is 0 Å². The van der Waals surface area contributed by atoms with Crippen molar-refractivity contribution >= 4 is 21.6 Å². The zero-order chi connectivity index (χ0) is 22.4. The molecule has 0 aromatic heterocycles. The fourth-order valence-corrected chi connectivity index (χ4v) is 5.79. The Morgan fingerprint density at radius 1 is 0.515 bits per heavy atom. The molecule has 2 heteroatoms. The third-order valence-corrected chi connectivity index (χ3v) is 7.29. The summed E-state index contributed by atoms with van der Waals surface area (Å²) >= 11 is 3.51. The molecule has 0 radical (unpaired) electrons. The first kappa shape index (κ1) is 20.0. The van der Waals surface area contributed by atoms with Gasteiger partial charge in [-0.15, -0.1) is 0 Å². The van der Waals surface area contributed by atoms with Crippen LogP contribution in [-0.2, 0) is 5.41 Å². The van der Waals surface area contributed by atoms with Gasteiger partial charge in [0.2, 0.25) is 0 Å². The Morgan fingerprint density at radius 2 is 1.06 bits per heavy atom. The number of benzene rings is 5. The molecule has 1 aliphatic rings. The van der Waals surface area contributed by atoms with Crippen molar-refractivity contribution in [3.05, 3.63) is 148 Å². The third-order valence-electron chi connectivity index (χ3n) is 6.80. The number of nitrogen functional groups attached to an aromatic ring is 1. The van der Waals surface area contributed by atoms with Crippen LogP contribution in [0, 0.1) is 0 Å². The molecular weight excluding hydrogens is 466 g/mol. The average Bonchev–Trinajstić information content (AvgIpc) is 3.16. The summed E-state index contributed by atoms with van der Waals surface area (Å²) in [6, 6.07) is 43.5. The molecule has 1 nitrogen and oxygen atoms in total.